The number of carbonyl (C=O) groups is 2. The molecule has 3 N–H and O–H groups in total. The molecule has 14 heavy (non-hydrogen) atoms. The Labute approximate surface area is 78.7 Å². The lowest BCUT2D eigenvalue weighted by Crippen LogP contribution is -2.03. The lowest BCUT2D eigenvalue weighted by Gasteiger charge is -1.94. The minimum Gasteiger partial charge on any atom is -0.478 e. The third kappa shape index (κ3) is 5.06. The molecule has 0 rings (SSSR count). The van der Waals surface area contributed by atoms with Gasteiger partial charge in [0.2, 0.25) is 0 Å². The zero-order chi connectivity index (χ0) is 11.4. The summed E-state index contributed by atoms with van der Waals surface area (Å²) in [6.45, 7) is 0. The second-order valence-corrected chi connectivity index (χ2v) is 3.45. The van der Waals surface area contributed by atoms with Crippen LogP contribution in [0.5, 0.6) is 0 Å². The van der Waals surface area contributed by atoms with Crippen molar-refractivity contribution in [2.45, 2.75) is 0 Å². The Morgan fingerprint density at radius 1 is 1.00 bits per heavy atom. The monoisotopic (exact) mass is 222 g/mol. The molecule has 0 aliphatic heterocycles. The molecule has 0 saturated heterocycles. The number of aliphatic carboxylic acids is 2. The first-order valence-corrected chi connectivity index (χ1v) is 4.50. The number of hydrogen-bond acceptors (Lipinski definition) is 4. The number of carboxylic acid groups (broad SMARTS) is 2. The molecule has 0 radical (unpaired) electrons. The molecule has 0 spiro atoms. The largest absolute Gasteiger partial charge is 0.478 e. The maximum absolute atomic E-state index is 10.5. The molecular weight excluding hydrogens is 216 g/mol. The van der Waals surface area contributed by atoms with Gasteiger partial charge in [-0.25, -0.2) is 9.59 Å². The van der Waals surface area contributed by atoms with Crippen molar-refractivity contribution in [3.8, 4) is 0 Å². The van der Waals surface area contributed by atoms with Crippen molar-refractivity contribution in [2.75, 3.05) is 0 Å². The fourth-order valence-electron chi connectivity index (χ4n) is 0.484. The molecule has 0 heterocycles. The highest BCUT2D eigenvalue weighted by molar-refractivity contribution is 7.90. The molecule has 78 valence electrons. The van der Waals surface area contributed by atoms with Crippen LogP contribution >= 0.6 is 0 Å². The third-order valence-corrected chi connectivity index (χ3v) is 1.80. The predicted molar refractivity (Wildman–Crippen MR) is 44.0 cm³/mol. The molecule has 0 aromatic rings. The zero-order valence-corrected chi connectivity index (χ0v) is 7.43. The van der Waals surface area contributed by atoms with E-state index < -0.39 is 27.0 Å². The van der Waals surface area contributed by atoms with Crippen LogP contribution in [0.4, 0.5) is 0 Å². The molecule has 0 fully saturated rings. The van der Waals surface area contributed by atoms with Crippen molar-refractivity contribution in [2.24, 2.45) is 0 Å². The van der Waals surface area contributed by atoms with Crippen molar-refractivity contribution in [1.29, 1.82) is 0 Å². The van der Waals surface area contributed by atoms with Gasteiger partial charge in [0.25, 0.3) is 10.1 Å². The van der Waals surface area contributed by atoms with E-state index in [9.17, 15) is 18.0 Å². The van der Waals surface area contributed by atoms with Crippen LogP contribution in [0, 0.1) is 0 Å². The minimum absolute atomic E-state index is 0.175. The second-order valence-electron chi connectivity index (χ2n) is 2.03. The molecule has 8 heteroatoms. The van der Waals surface area contributed by atoms with E-state index >= 15 is 0 Å². The van der Waals surface area contributed by atoms with Crippen LogP contribution in [-0.4, -0.2) is 35.1 Å². The maximum Gasteiger partial charge on any atom is 0.329 e. The first-order valence-electron chi connectivity index (χ1n) is 3.06. The molecule has 0 aromatic carbocycles. The Hall–Kier alpha value is -1.67. The van der Waals surface area contributed by atoms with Gasteiger partial charge in [-0.15, -0.1) is 0 Å². The zero-order valence-electron chi connectivity index (χ0n) is 6.61. The highest BCUT2D eigenvalue weighted by Crippen LogP contribution is 2.05. The molecule has 0 aliphatic carbocycles. The van der Waals surface area contributed by atoms with E-state index in [0.29, 0.717) is 12.2 Å². The van der Waals surface area contributed by atoms with Crippen LogP contribution in [-0.2, 0) is 19.7 Å². The molecule has 0 atom stereocenters. The highest BCUT2D eigenvalue weighted by Gasteiger charge is 2.12. The summed E-state index contributed by atoms with van der Waals surface area (Å²) in [4.78, 5) is 19.0. The van der Waals surface area contributed by atoms with Gasteiger partial charge in [-0.3, -0.25) is 4.55 Å². The van der Waals surface area contributed by atoms with E-state index in [1.807, 2.05) is 0 Å². The van der Waals surface area contributed by atoms with Gasteiger partial charge in [-0.2, -0.15) is 8.42 Å². The lowest BCUT2D eigenvalue weighted by atomic mass is 10.4. The van der Waals surface area contributed by atoms with Gasteiger partial charge in [0.05, 0.1) is 0 Å². The van der Waals surface area contributed by atoms with Gasteiger partial charge < -0.3 is 10.2 Å². The quantitative estimate of drug-likeness (QED) is 0.331. The molecule has 0 aliphatic rings. The average Bonchev–Trinajstić information content (AvgIpc) is 1.94. The summed E-state index contributed by atoms with van der Waals surface area (Å²) in [7, 11) is -4.73. The predicted octanol–water partition coefficient (Wildman–Crippen LogP) is -0.516. The summed E-state index contributed by atoms with van der Waals surface area (Å²) < 4.78 is 29.4. The van der Waals surface area contributed by atoms with Crippen molar-refractivity contribution < 1.29 is 32.8 Å². The summed E-state index contributed by atoms with van der Waals surface area (Å²) in [5.41, 5.74) is 0. The van der Waals surface area contributed by atoms with Crippen LogP contribution in [0.25, 0.3) is 0 Å². The van der Waals surface area contributed by atoms with Crippen molar-refractivity contribution in [1.82, 2.24) is 0 Å². The van der Waals surface area contributed by atoms with Gasteiger partial charge >= 0.3 is 11.9 Å². The molecule has 0 aromatic heterocycles. The molecule has 0 amide bonds. The van der Waals surface area contributed by atoms with Crippen LogP contribution in [0.15, 0.2) is 23.1 Å². The van der Waals surface area contributed by atoms with E-state index in [4.69, 9.17) is 14.8 Å². The van der Waals surface area contributed by atoms with E-state index in [0.717, 1.165) is 0 Å². The summed E-state index contributed by atoms with van der Waals surface area (Å²) >= 11 is 0. The van der Waals surface area contributed by atoms with Crippen LogP contribution in [0.2, 0.25) is 0 Å². The van der Waals surface area contributed by atoms with E-state index in [2.05, 4.69) is 0 Å². The van der Waals surface area contributed by atoms with Gasteiger partial charge in [0.15, 0.2) is 0 Å². The minimum atomic E-state index is -4.73. The van der Waals surface area contributed by atoms with Crippen LogP contribution in [0.1, 0.15) is 0 Å². The van der Waals surface area contributed by atoms with Gasteiger partial charge in [-0.1, -0.05) is 0 Å². The SMILES string of the molecule is O=C(O)/C=C(/C=C/C(=O)O)S(=O)(=O)O. The Bertz CT molecular complexity index is 400. The van der Waals surface area contributed by atoms with Gasteiger partial charge in [0, 0.05) is 12.2 Å². The van der Waals surface area contributed by atoms with Gasteiger partial charge in [-0.05, 0) is 6.08 Å². The van der Waals surface area contributed by atoms with E-state index in [1.54, 1.807) is 0 Å². The Balaban J connectivity index is 5.16. The Morgan fingerprint density at radius 3 is 1.79 bits per heavy atom. The molecule has 7 nitrogen and oxygen atoms in total. The second kappa shape index (κ2) is 4.53. The van der Waals surface area contributed by atoms with Gasteiger partial charge in [0.1, 0.15) is 4.91 Å². The van der Waals surface area contributed by atoms with Crippen molar-refractivity contribution in [3.63, 3.8) is 0 Å². The van der Waals surface area contributed by atoms with E-state index in [-0.39, 0.29) is 6.08 Å². The number of rotatable bonds is 4. The maximum atomic E-state index is 10.5. The fourth-order valence-corrected chi connectivity index (χ4v) is 0.973. The summed E-state index contributed by atoms with van der Waals surface area (Å²) in [5, 5.41) is 16.3. The smallest absolute Gasteiger partial charge is 0.329 e. The van der Waals surface area contributed by atoms with Crippen LogP contribution < -0.4 is 0 Å². The Morgan fingerprint density at radius 2 is 1.50 bits per heavy atom. The number of hydrogen-bond donors (Lipinski definition) is 3. The number of carboxylic acids is 2. The lowest BCUT2D eigenvalue weighted by molar-refractivity contribution is -0.132. The summed E-state index contributed by atoms with van der Waals surface area (Å²) in [6, 6.07) is 0. The molecule has 0 unspecified atom stereocenters. The summed E-state index contributed by atoms with van der Waals surface area (Å²) in [5.74, 6) is -3.09. The third-order valence-electron chi connectivity index (χ3n) is 0.954. The molecular formula is C6H6O7S. The normalized spacial score (nSPS) is 13.1. The highest BCUT2D eigenvalue weighted by atomic mass is 32.2. The van der Waals surface area contributed by atoms with Crippen molar-refractivity contribution >= 4 is 22.1 Å². The Kier molecular flexibility index (Phi) is 3.99. The van der Waals surface area contributed by atoms with Crippen LogP contribution in [0.3, 0.4) is 0 Å². The van der Waals surface area contributed by atoms with E-state index in [1.165, 1.54) is 0 Å². The molecule has 0 bridgehead atoms. The topological polar surface area (TPSA) is 129 Å². The first kappa shape index (κ1) is 12.3. The fraction of sp³-hybridized carbons (Fsp3) is 0. The van der Waals surface area contributed by atoms with Crippen molar-refractivity contribution in [3.05, 3.63) is 23.1 Å². The average molecular weight is 222 g/mol. The summed E-state index contributed by atoms with van der Waals surface area (Å²) in [6.07, 6.45) is 1.03. The molecule has 0 saturated carbocycles. The number of allylic oxidation sites excluding steroid dienone is 1. The standard InChI is InChI=1S/C6H6O7S/c7-5(8)2-1-4(3-6(9)10)14(11,12)13/h1-3H,(H,7,8)(H,9,10)(H,11,12,13)/b2-1+,4-3-. The first-order chi connectivity index (χ1) is 6.23.